The van der Waals surface area contributed by atoms with Crippen LogP contribution >= 0.6 is 0 Å². The number of piperazine rings is 1. The van der Waals surface area contributed by atoms with Crippen LogP contribution in [-0.4, -0.2) is 48.4 Å². The third kappa shape index (κ3) is 3.47. The van der Waals surface area contributed by atoms with Crippen molar-refractivity contribution in [2.45, 2.75) is 25.8 Å². The molecule has 0 atom stereocenters. The van der Waals surface area contributed by atoms with E-state index in [9.17, 15) is 9.59 Å². The summed E-state index contributed by atoms with van der Waals surface area (Å²) in [6.07, 6.45) is 1.05. The Balaban J connectivity index is 1.40. The second kappa shape index (κ2) is 7.28. The number of carbonyl (C=O) groups is 2. The Labute approximate surface area is 165 Å². The summed E-state index contributed by atoms with van der Waals surface area (Å²) in [5.74, 6) is -0.149. The van der Waals surface area contributed by atoms with Gasteiger partial charge in [0.1, 0.15) is 0 Å². The lowest BCUT2D eigenvalue weighted by molar-refractivity contribution is -0.136. The SMILES string of the molecule is CC1(C)C(=O)NCCN1CC(=O)Nc1ccc(N2CCc3ccccc32)cc1. The highest BCUT2D eigenvalue weighted by Gasteiger charge is 2.38. The highest BCUT2D eigenvalue weighted by atomic mass is 16.2. The van der Waals surface area contributed by atoms with E-state index in [1.165, 1.54) is 11.3 Å². The molecule has 2 amide bonds. The molecule has 0 saturated carbocycles. The normalized spacial score (nSPS) is 18.5. The van der Waals surface area contributed by atoms with Gasteiger partial charge in [-0.1, -0.05) is 18.2 Å². The van der Waals surface area contributed by atoms with Crippen molar-refractivity contribution >= 4 is 28.9 Å². The molecule has 0 radical (unpaired) electrons. The first-order valence-corrected chi connectivity index (χ1v) is 9.74. The Morgan fingerprint density at radius 3 is 2.64 bits per heavy atom. The van der Waals surface area contributed by atoms with Gasteiger partial charge in [-0.2, -0.15) is 0 Å². The summed E-state index contributed by atoms with van der Waals surface area (Å²) < 4.78 is 0. The molecule has 2 N–H and O–H groups in total. The molecule has 0 spiro atoms. The molecule has 2 aromatic carbocycles. The molecule has 2 aliphatic rings. The second-order valence-electron chi connectivity index (χ2n) is 7.86. The van der Waals surface area contributed by atoms with Crippen LogP contribution in [0.3, 0.4) is 0 Å². The number of nitrogens with one attached hydrogen (secondary N) is 2. The van der Waals surface area contributed by atoms with Crippen molar-refractivity contribution in [1.29, 1.82) is 0 Å². The van der Waals surface area contributed by atoms with Crippen molar-refractivity contribution in [2.24, 2.45) is 0 Å². The van der Waals surface area contributed by atoms with Crippen LogP contribution in [0.15, 0.2) is 48.5 Å². The van der Waals surface area contributed by atoms with Gasteiger partial charge in [0.25, 0.3) is 0 Å². The van der Waals surface area contributed by atoms with E-state index in [4.69, 9.17) is 0 Å². The Bertz CT molecular complexity index is 892. The summed E-state index contributed by atoms with van der Waals surface area (Å²) in [6, 6.07) is 16.4. The highest BCUT2D eigenvalue weighted by molar-refractivity contribution is 5.94. The number of fused-ring (bicyclic) bond motifs is 1. The monoisotopic (exact) mass is 378 g/mol. The number of rotatable bonds is 4. The van der Waals surface area contributed by atoms with Gasteiger partial charge in [0.05, 0.1) is 12.1 Å². The lowest BCUT2D eigenvalue weighted by atomic mass is 9.99. The van der Waals surface area contributed by atoms with E-state index < -0.39 is 5.54 Å². The van der Waals surface area contributed by atoms with E-state index >= 15 is 0 Å². The van der Waals surface area contributed by atoms with E-state index in [0.717, 1.165) is 24.3 Å². The lowest BCUT2D eigenvalue weighted by Gasteiger charge is -2.40. The van der Waals surface area contributed by atoms with Gasteiger partial charge >= 0.3 is 0 Å². The first-order valence-electron chi connectivity index (χ1n) is 9.74. The number of carbonyl (C=O) groups excluding carboxylic acids is 2. The molecule has 0 bridgehead atoms. The van der Waals surface area contributed by atoms with E-state index in [-0.39, 0.29) is 18.4 Å². The van der Waals surface area contributed by atoms with Gasteiger partial charge in [0.2, 0.25) is 11.8 Å². The van der Waals surface area contributed by atoms with E-state index in [0.29, 0.717) is 13.1 Å². The Morgan fingerprint density at radius 1 is 1.11 bits per heavy atom. The summed E-state index contributed by atoms with van der Waals surface area (Å²) in [6.45, 7) is 6.09. The summed E-state index contributed by atoms with van der Waals surface area (Å²) >= 11 is 0. The maximum absolute atomic E-state index is 12.5. The number of anilines is 3. The maximum Gasteiger partial charge on any atom is 0.240 e. The van der Waals surface area contributed by atoms with Crippen molar-refractivity contribution < 1.29 is 9.59 Å². The van der Waals surface area contributed by atoms with Gasteiger partial charge in [-0.05, 0) is 56.2 Å². The summed E-state index contributed by atoms with van der Waals surface area (Å²) in [7, 11) is 0. The predicted octanol–water partition coefficient (Wildman–Crippen LogP) is 2.53. The quantitative estimate of drug-likeness (QED) is 0.858. The van der Waals surface area contributed by atoms with Gasteiger partial charge in [-0.3, -0.25) is 14.5 Å². The van der Waals surface area contributed by atoms with Crippen molar-refractivity contribution in [3.05, 3.63) is 54.1 Å². The molecule has 6 nitrogen and oxygen atoms in total. The molecule has 0 aliphatic carbocycles. The molecule has 1 saturated heterocycles. The minimum Gasteiger partial charge on any atom is -0.353 e. The van der Waals surface area contributed by atoms with Crippen molar-refractivity contribution in [3.8, 4) is 0 Å². The van der Waals surface area contributed by atoms with Crippen LogP contribution in [-0.2, 0) is 16.0 Å². The topological polar surface area (TPSA) is 64.7 Å². The Kier molecular flexibility index (Phi) is 4.81. The minimum absolute atomic E-state index is 0.0400. The number of benzene rings is 2. The van der Waals surface area contributed by atoms with Crippen LogP contribution in [0.2, 0.25) is 0 Å². The van der Waals surface area contributed by atoms with Crippen molar-refractivity contribution in [2.75, 3.05) is 36.4 Å². The lowest BCUT2D eigenvalue weighted by Crippen LogP contribution is -2.62. The van der Waals surface area contributed by atoms with Crippen LogP contribution in [0.5, 0.6) is 0 Å². The zero-order chi connectivity index (χ0) is 19.7. The molecule has 1 fully saturated rings. The molecule has 2 aliphatic heterocycles. The van der Waals surface area contributed by atoms with Gasteiger partial charge in [-0.15, -0.1) is 0 Å². The number of para-hydroxylation sites is 1. The van der Waals surface area contributed by atoms with E-state index in [1.807, 2.05) is 43.0 Å². The van der Waals surface area contributed by atoms with Gasteiger partial charge < -0.3 is 15.5 Å². The molecular weight excluding hydrogens is 352 g/mol. The Hall–Kier alpha value is -2.86. The van der Waals surface area contributed by atoms with E-state index in [1.54, 1.807) is 0 Å². The minimum atomic E-state index is -0.678. The molecule has 6 heteroatoms. The number of nitrogens with zero attached hydrogens (tertiary/aromatic N) is 2. The molecule has 2 aromatic rings. The summed E-state index contributed by atoms with van der Waals surface area (Å²) in [5.41, 5.74) is 3.83. The standard InChI is InChI=1S/C22H26N4O2/c1-22(2)21(28)23-12-14-25(22)15-20(27)24-17-7-9-18(10-8-17)26-13-11-16-5-3-4-6-19(16)26/h3-10H,11-15H2,1-2H3,(H,23,28)(H,24,27). The van der Waals surface area contributed by atoms with Gasteiger partial charge in [-0.25, -0.2) is 0 Å². The third-order valence-electron chi connectivity index (χ3n) is 5.70. The summed E-state index contributed by atoms with van der Waals surface area (Å²) in [4.78, 5) is 28.7. The number of hydrogen-bond acceptors (Lipinski definition) is 4. The van der Waals surface area contributed by atoms with Crippen LogP contribution in [0.25, 0.3) is 0 Å². The fourth-order valence-corrected chi connectivity index (χ4v) is 3.93. The smallest absolute Gasteiger partial charge is 0.240 e. The molecular formula is C22H26N4O2. The second-order valence-corrected chi connectivity index (χ2v) is 7.86. The van der Waals surface area contributed by atoms with Crippen LogP contribution < -0.4 is 15.5 Å². The molecule has 2 heterocycles. The fraction of sp³-hybridized carbons (Fsp3) is 0.364. The summed E-state index contributed by atoms with van der Waals surface area (Å²) in [5, 5.41) is 5.80. The molecule has 0 unspecified atom stereocenters. The third-order valence-corrected chi connectivity index (χ3v) is 5.70. The maximum atomic E-state index is 12.5. The zero-order valence-corrected chi connectivity index (χ0v) is 16.4. The van der Waals surface area contributed by atoms with Crippen molar-refractivity contribution in [3.63, 3.8) is 0 Å². The highest BCUT2D eigenvalue weighted by Crippen LogP contribution is 2.34. The molecule has 146 valence electrons. The molecule has 28 heavy (non-hydrogen) atoms. The average Bonchev–Trinajstić information content (AvgIpc) is 3.11. The van der Waals surface area contributed by atoms with Crippen LogP contribution in [0.1, 0.15) is 19.4 Å². The van der Waals surface area contributed by atoms with Crippen LogP contribution in [0.4, 0.5) is 17.1 Å². The van der Waals surface area contributed by atoms with Gasteiger partial charge in [0.15, 0.2) is 0 Å². The zero-order valence-electron chi connectivity index (χ0n) is 16.4. The fourth-order valence-electron chi connectivity index (χ4n) is 3.93. The predicted molar refractivity (Wildman–Crippen MR) is 111 cm³/mol. The Morgan fingerprint density at radius 2 is 1.86 bits per heavy atom. The number of amides is 2. The largest absolute Gasteiger partial charge is 0.353 e. The molecule has 4 rings (SSSR count). The first kappa shape index (κ1) is 18.5. The first-order chi connectivity index (χ1) is 13.4. The van der Waals surface area contributed by atoms with Crippen LogP contribution in [0, 0.1) is 0 Å². The molecule has 0 aromatic heterocycles. The van der Waals surface area contributed by atoms with E-state index in [2.05, 4.69) is 39.8 Å². The van der Waals surface area contributed by atoms with Gasteiger partial charge in [0, 0.05) is 36.7 Å². The average molecular weight is 378 g/mol. The number of hydrogen-bond donors (Lipinski definition) is 2. The van der Waals surface area contributed by atoms with Crippen molar-refractivity contribution in [1.82, 2.24) is 10.2 Å².